The lowest BCUT2D eigenvalue weighted by atomic mass is 10.1. The third-order valence-electron chi connectivity index (χ3n) is 1.39. The zero-order valence-corrected chi connectivity index (χ0v) is 8.46. The molecule has 0 atom stereocenters. The van der Waals surface area contributed by atoms with Crippen LogP contribution in [-0.4, -0.2) is 11.5 Å². The minimum Gasteiger partial charge on any atom is -0.293 e. The number of hydrogen-bond donors (Lipinski definition) is 1. The van der Waals surface area contributed by atoms with Crippen LogP contribution in [-0.2, 0) is 0 Å². The van der Waals surface area contributed by atoms with Gasteiger partial charge in [-0.1, -0.05) is 23.2 Å². The van der Waals surface area contributed by atoms with Crippen molar-refractivity contribution in [2.75, 3.05) is 5.75 Å². The summed E-state index contributed by atoms with van der Waals surface area (Å²) in [4.78, 5) is 11.1. The Kier molecular flexibility index (Phi) is 3.44. The molecule has 1 rings (SSSR count). The number of hydrogen-bond acceptors (Lipinski definition) is 2. The van der Waals surface area contributed by atoms with Gasteiger partial charge in [0.25, 0.3) is 0 Å². The van der Waals surface area contributed by atoms with Crippen LogP contribution in [0.25, 0.3) is 0 Å². The van der Waals surface area contributed by atoms with Gasteiger partial charge in [0.05, 0.1) is 15.8 Å². The van der Waals surface area contributed by atoms with Gasteiger partial charge in [-0.3, -0.25) is 4.79 Å². The fourth-order valence-electron chi connectivity index (χ4n) is 0.761. The molecule has 0 bridgehead atoms. The number of rotatable bonds is 2. The van der Waals surface area contributed by atoms with E-state index in [1.165, 1.54) is 0 Å². The molecule has 0 heterocycles. The van der Waals surface area contributed by atoms with Gasteiger partial charge < -0.3 is 0 Å². The Morgan fingerprint density at radius 3 is 2.50 bits per heavy atom. The highest BCUT2D eigenvalue weighted by molar-refractivity contribution is 7.81. The molecule has 12 heavy (non-hydrogen) atoms. The molecule has 1 nitrogen and oxygen atoms in total. The molecule has 0 amide bonds. The van der Waals surface area contributed by atoms with Gasteiger partial charge in [-0.25, -0.2) is 0 Å². The molecule has 0 aliphatic carbocycles. The summed E-state index contributed by atoms with van der Waals surface area (Å²) < 4.78 is 0. The maximum absolute atomic E-state index is 11.1. The van der Waals surface area contributed by atoms with E-state index in [-0.39, 0.29) is 11.5 Å². The first-order chi connectivity index (χ1) is 5.65. The predicted molar refractivity (Wildman–Crippen MR) is 54.6 cm³/mol. The van der Waals surface area contributed by atoms with Crippen molar-refractivity contribution in [3.63, 3.8) is 0 Å². The third kappa shape index (κ3) is 2.16. The molecule has 0 aliphatic rings. The Balaban J connectivity index is 3.05. The van der Waals surface area contributed by atoms with Crippen LogP contribution in [0, 0.1) is 0 Å². The first kappa shape index (κ1) is 9.90. The van der Waals surface area contributed by atoms with Crippen molar-refractivity contribution in [1.82, 2.24) is 0 Å². The number of ketones is 1. The number of benzene rings is 1. The van der Waals surface area contributed by atoms with Gasteiger partial charge in [0.2, 0.25) is 0 Å². The highest BCUT2D eigenvalue weighted by Crippen LogP contribution is 2.22. The quantitative estimate of drug-likeness (QED) is 0.599. The maximum Gasteiger partial charge on any atom is 0.172 e. The molecule has 0 spiro atoms. The van der Waals surface area contributed by atoms with Crippen molar-refractivity contribution in [3.8, 4) is 0 Å². The van der Waals surface area contributed by atoms with Crippen molar-refractivity contribution >= 4 is 41.6 Å². The lowest BCUT2D eigenvalue weighted by molar-refractivity contribution is 0.102. The second kappa shape index (κ2) is 4.17. The number of carbonyl (C=O) groups excluding carboxylic acids is 1. The van der Waals surface area contributed by atoms with Gasteiger partial charge in [-0.15, -0.1) is 0 Å². The van der Waals surface area contributed by atoms with Gasteiger partial charge in [0, 0.05) is 5.56 Å². The van der Waals surface area contributed by atoms with Crippen LogP contribution in [0.15, 0.2) is 18.2 Å². The molecule has 0 saturated carbocycles. The zero-order valence-electron chi connectivity index (χ0n) is 6.05. The fourth-order valence-corrected chi connectivity index (χ4v) is 1.24. The molecule has 0 unspecified atom stereocenters. The lowest BCUT2D eigenvalue weighted by Gasteiger charge is -1.99. The lowest BCUT2D eigenvalue weighted by Crippen LogP contribution is -1.99. The third-order valence-corrected chi connectivity index (χ3v) is 2.41. The molecule has 0 radical (unpaired) electrons. The summed E-state index contributed by atoms with van der Waals surface area (Å²) in [5, 5.41) is 0.844. The number of halogens is 2. The van der Waals surface area contributed by atoms with Crippen LogP contribution in [0.4, 0.5) is 0 Å². The van der Waals surface area contributed by atoms with E-state index in [1.54, 1.807) is 18.2 Å². The zero-order chi connectivity index (χ0) is 9.14. The van der Waals surface area contributed by atoms with Crippen molar-refractivity contribution < 1.29 is 4.79 Å². The summed E-state index contributed by atoms with van der Waals surface area (Å²) in [5.41, 5.74) is 0.541. The molecule has 0 N–H and O–H groups in total. The Morgan fingerprint density at radius 2 is 2.00 bits per heavy atom. The largest absolute Gasteiger partial charge is 0.293 e. The average molecular weight is 221 g/mol. The molecule has 4 heteroatoms. The SMILES string of the molecule is O=C(CS)c1ccc(Cl)c(Cl)c1. The van der Waals surface area contributed by atoms with E-state index in [2.05, 4.69) is 12.6 Å². The van der Waals surface area contributed by atoms with Crippen LogP contribution < -0.4 is 0 Å². The van der Waals surface area contributed by atoms with E-state index >= 15 is 0 Å². The van der Waals surface area contributed by atoms with Crippen molar-refractivity contribution in [2.45, 2.75) is 0 Å². The highest BCUT2D eigenvalue weighted by atomic mass is 35.5. The normalized spacial score (nSPS) is 9.92. The fraction of sp³-hybridized carbons (Fsp3) is 0.125. The van der Waals surface area contributed by atoms with E-state index in [0.29, 0.717) is 15.6 Å². The summed E-state index contributed by atoms with van der Waals surface area (Å²) in [7, 11) is 0. The van der Waals surface area contributed by atoms with Crippen molar-refractivity contribution in [1.29, 1.82) is 0 Å². The predicted octanol–water partition coefficient (Wildman–Crippen LogP) is 3.11. The second-order valence-electron chi connectivity index (χ2n) is 2.21. The standard InChI is InChI=1S/C8H6Cl2OS/c9-6-2-1-5(3-7(6)10)8(11)4-12/h1-3,12H,4H2. The van der Waals surface area contributed by atoms with Crippen LogP contribution in [0.3, 0.4) is 0 Å². The van der Waals surface area contributed by atoms with E-state index in [9.17, 15) is 4.79 Å². The van der Waals surface area contributed by atoms with Crippen LogP contribution in [0.1, 0.15) is 10.4 Å². The molecular formula is C8H6Cl2OS. The van der Waals surface area contributed by atoms with Crippen molar-refractivity contribution in [2.24, 2.45) is 0 Å². The summed E-state index contributed by atoms with van der Waals surface area (Å²) in [6.07, 6.45) is 0. The molecule has 0 saturated heterocycles. The topological polar surface area (TPSA) is 17.1 Å². The van der Waals surface area contributed by atoms with E-state index in [1.807, 2.05) is 0 Å². The van der Waals surface area contributed by atoms with Gasteiger partial charge in [0.1, 0.15) is 0 Å². The molecule has 1 aromatic rings. The Morgan fingerprint density at radius 1 is 1.33 bits per heavy atom. The summed E-state index contributed by atoms with van der Waals surface area (Å²) in [6, 6.07) is 4.77. The first-order valence-corrected chi connectivity index (χ1v) is 4.63. The Hall–Kier alpha value is -0.180. The van der Waals surface area contributed by atoms with Crippen LogP contribution in [0.2, 0.25) is 10.0 Å². The Labute approximate surface area is 86.1 Å². The molecular weight excluding hydrogens is 215 g/mol. The number of carbonyl (C=O) groups is 1. The minimum atomic E-state index is -0.0584. The minimum absolute atomic E-state index is 0.0584. The molecule has 1 aromatic carbocycles. The van der Waals surface area contributed by atoms with E-state index in [4.69, 9.17) is 23.2 Å². The molecule has 0 fully saturated rings. The average Bonchev–Trinajstić information content (AvgIpc) is 2.08. The second-order valence-corrected chi connectivity index (χ2v) is 3.34. The maximum atomic E-state index is 11.1. The number of thiol groups is 1. The van der Waals surface area contributed by atoms with Gasteiger partial charge in [-0.2, -0.15) is 12.6 Å². The van der Waals surface area contributed by atoms with Crippen molar-refractivity contribution in [3.05, 3.63) is 33.8 Å². The molecule has 64 valence electrons. The van der Waals surface area contributed by atoms with Crippen LogP contribution in [0.5, 0.6) is 0 Å². The highest BCUT2D eigenvalue weighted by Gasteiger charge is 2.05. The number of Topliss-reactive ketones (excluding diaryl/α,β-unsaturated/α-hetero) is 1. The summed E-state index contributed by atoms with van der Waals surface area (Å²) in [6.45, 7) is 0. The van der Waals surface area contributed by atoms with Gasteiger partial charge in [-0.05, 0) is 18.2 Å². The molecule has 0 aliphatic heterocycles. The summed E-state index contributed by atoms with van der Waals surface area (Å²) in [5.74, 6) is 0.120. The van der Waals surface area contributed by atoms with Gasteiger partial charge >= 0.3 is 0 Å². The monoisotopic (exact) mass is 220 g/mol. The molecule has 0 aromatic heterocycles. The van der Waals surface area contributed by atoms with E-state index in [0.717, 1.165) is 0 Å². The van der Waals surface area contributed by atoms with Gasteiger partial charge in [0.15, 0.2) is 5.78 Å². The van der Waals surface area contributed by atoms with E-state index < -0.39 is 0 Å². The van der Waals surface area contributed by atoms with Crippen LogP contribution >= 0.6 is 35.8 Å². The first-order valence-electron chi connectivity index (χ1n) is 3.24. The summed E-state index contributed by atoms with van der Waals surface area (Å²) >= 11 is 15.2. The smallest absolute Gasteiger partial charge is 0.172 e. The Bertz CT molecular complexity index is 312.